The van der Waals surface area contributed by atoms with Crippen molar-refractivity contribution in [3.05, 3.63) is 33.8 Å². The SMILES string of the molecule is CCCCNC(=O)C1CCCN(Cc2ccc(Cl)cc2Cl)C1. The second-order valence-corrected chi connectivity index (χ2v) is 6.80. The molecule has 0 aliphatic carbocycles. The van der Waals surface area contributed by atoms with Gasteiger partial charge in [-0.1, -0.05) is 42.6 Å². The molecule has 3 nitrogen and oxygen atoms in total. The molecule has 5 heteroatoms. The van der Waals surface area contributed by atoms with E-state index in [1.165, 1.54) is 0 Å². The summed E-state index contributed by atoms with van der Waals surface area (Å²) in [7, 11) is 0. The van der Waals surface area contributed by atoms with Crippen molar-refractivity contribution in [3.8, 4) is 0 Å². The first-order valence-corrected chi connectivity index (χ1v) is 8.79. The molecule has 1 heterocycles. The van der Waals surface area contributed by atoms with Crippen molar-refractivity contribution in [2.75, 3.05) is 19.6 Å². The van der Waals surface area contributed by atoms with Gasteiger partial charge in [0.2, 0.25) is 5.91 Å². The number of carbonyl (C=O) groups excluding carboxylic acids is 1. The number of nitrogens with one attached hydrogen (secondary N) is 1. The fourth-order valence-corrected chi connectivity index (χ4v) is 3.30. The quantitative estimate of drug-likeness (QED) is 0.788. The molecule has 1 aromatic rings. The Bertz CT molecular complexity index is 507. The molecule has 1 unspecified atom stereocenters. The van der Waals surface area contributed by atoms with Gasteiger partial charge in [0, 0.05) is 29.7 Å². The summed E-state index contributed by atoms with van der Waals surface area (Å²) in [5, 5.41) is 4.40. The van der Waals surface area contributed by atoms with Crippen molar-refractivity contribution in [3.63, 3.8) is 0 Å². The second kappa shape index (κ2) is 8.76. The second-order valence-electron chi connectivity index (χ2n) is 5.95. The molecule has 0 bridgehead atoms. The molecule has 0 saturated carbocycles. The highest BCUT2D eigenvalue weighted by Crippen LogP contribution is 2.24. The summed E-state index contributed by atoms with van der Waals surface area (Å²) in [5.74, 6) is 0.289. The van der Waals surface area contributed by atoms with E-state index in [2.05, 4.69) is 17.1 Å². The maximum absolute atomic E-state index is 12.2. The first kappa shape index (κ1) is 17.6. The summed E-state index contributed by atoms with van der Waals surface area (Å²) < 4.78 is 0. The van der Waals surface area contributed by atoms with Crippen molar-refractivity contribution < 1.29 is 4.79 Å². The molecular weight excluding hydrogens is 319 g/mol. The molecule has 1 amide bonds. The average molecular weight is 343 g/mol. The summed E-state index contributed by atoms with van der Waals surface area (Å²) in [5.41, 5.74) is 1.07. The minimum Gasteiger partial charge on any atom is -0.356 e. The predicted molar refractivity (Wildman–Crippen MR) is 92.4 cm³/mol. The zero-order valence-electron chi connectivity index (χ0n) is 13.1. The van der Waals surface area contributed by atoms with Crippen molar-refractivity contribution in [2.45, 2.75) is 39.2 Å². The third-order valence-corrected chi connectivity index (χ3v) is 4.70. The Morgan fingerprint density at radius 2 is 2.23 bits per heavy atom. The lowest BCUT2D eigenvalue weighted by molar-refractivity contribution is -0.126. The van der Waals surface area contributed by atoms with E-state index in [4.69, 9.17) is 23.2 Å². The summed E-state index contributed by atoms with van der Waals surface area (Å²) >= 11 is 12.2. The highest BCUT2D eigenvalue weighted by Gasteiger charge is 2.25. The van der Waals surface area contributed by atoms with Crippen LogP contribution in [-0.2, 0) is 11.3 Å². The minimum absolute atomic E-state index is 0.0941. The zero-order chi connectivity index (χ0) is 15.9. The Hall–Kier alpha value is -0.770. The number of nitrogens with zero attached hydrogens (tertiary/aromatic N) is 1. The number of unbranched alkanes of at least 4 members (excludes halogenated alkanes) is 1. The molecule has 1 aliphatic heterocycles. The first-order chi connectivity index (χ1) is 10.6. The summed E-state index contributed by atoms with van der Waals surface area (Å²) in [6.07, 6.45) is 4.18. The van der Waals surface area contributed by atoms with Crippen LogP contribution in [0.1, 0.15) is 38.2 Å². The van der Waals surface area contributed by atoms with Gasteiger partial charge in [0.25, 0.3) is 0 Å². The fourth-order valence-electron chi connectivity index (χ4n) is 2.84. The van der Waals surface area contributed by atoms with Gasteiger partial charge in [-0.15, -0.1) is 0 Å². The largest absolute Gasteiger partial charge is 0.356 e. The predicted octanol–water partition coefficient (Wildman–Crippen LogP) is 4.12. The first-order valence-electron chi connectivity index (χ1n) is 8.04. The lowest BCUT2D eigenvalue weighted by Crippen LogP contribution is -2.42. The highest BCUT2D eigenvalue weighted by atomic mass is 35.5. The van der Waals surface area contributed by atoms with Gasteiger partial charge in [-0.2, -0.15) is 0 Å². The number of piperidine rings is 1. The van der Waals surface area contributed by atoms with Crippen LogP contribution in [-0.4, -0.2) is 30.4 Å². The van der Waals surface area contributed by atoms with Crippen LogP contribution in [0.3, 0.4) is 0 Å². The van der Waals surface area contributed by atoms with Crippen LogP contribution in [0.4, 0.5) is 0 Å². The van der Waals surface area contributed by atoms with Crippen molar-refractivity contribution >= 4 is 29.1 Å². The van der Waals surface area contributed by atoms with Gasteiger partial charge in [0.15, 0.2) is 0 Å². The van der Waals surface area contributed by atoms with E-state index in [1.54, 1.807) is 6.07 Å². The Balaban J connectivity index is 1.88. The molecule has 122 valence electrons. The molecule has 1 saturated heterocycles. The minimum atomic E-state index is 0.0941. The van der Waals surface area contributed by atoms with E-state index in [0.717, 1.165) is 57.4 Å². The standard InChI is InChI=1S/C17H24Cl2N2O/c1-2-3-8-20-17(22)14-5-4-9-21(12-14)11-13-6-7-15(18)10-16(13)19/h6-7,10,14H,2-5,8-9,11-12H2,1H3,(H,20,22). The van der Waals surface area contributed by atoms with Crippen LogP contribution in [0.5, 0.6) is 0 Å². The fraction of sp³-hybridized carbons (Fsp3) is 0.588. The van der Waals surface area contributed by atoms with E-state index in [0.29, 0.717) is 10.0 Å². The Morgan fingerprint density at radius 1 is 1.41 bits per heavy atom. The van der Waals surface area contributed by atoms with Gasteiger partial charge < -0.3 is 5.32 Å². The van der Waals surface area contributed by atoms with Crippen molar-refractivity contribution in [2.24, 2.45) is 5.92 Å². The molecule has 2 rings (SSSR count). The molecule has 0 aromatic heterocycles. The number of hydrogen-bond acceptors (Lipinski definition) is 2. The maximum atomic E-state index is 12.2. The number of carbonyl (C=O) groups is 1. The third kappa shape index (κ3) is 5.15. The summed E-state index contributed by atoms with van der Waals surface area (Å²) in [4.78, 5) is 14.5. The Labute approximate surface area is 143 Å². The van der Waals surface area contributed by atoms with Crippen LogP contribution in [0, 0.1) is 5.92 Å². The van der Waals surface area contributed by atoms with Gasteiger partial charge in [-0.05, 0) is 43.5 Å². The molecule has 0 radical (unpaired) electrons. The van der Waals surface area contributed by atoms with Crippen LogP contribution in [0.15, 0.2) is 18.2 Å². The monoisotopic (exact) mass is 342 g/mol. The number of rotatable bonds is 6. The van der Waals surface area contributed by atoms with Crippen LogP contribution >= 0.6 is 23.2 Å². The number of hydrogen-bond donors (Lipinski definition) is 1. The maximum Gasteiger partial charge on any atom is 0.224 e. The van der Waals surface area contributed by atoms with Crippen LogP contribution in [0.2, 0.25) is 10.0 Å². The van der Waals surface area contributed by atoms with Gasteiger partial charge in [0.05, 0.1) is 5.92 Å². The average Bonchev–Trinajstić information content (AvgIpc) is 2.50. The molecule has 1 atom stereocenters. The van der Waals surface area contributed by atoms with Gasteiger partial charge in [-0.25, -0.2) is 0 Å². The number of likely N-dealkylation sites (tertiary alicyclic amines) is 1. The smallest absolute Gasteiger partial charge is 0.224 e. The third-order valence-electron chi connectivity index (χ3n) is 4.11. The molecule has 0 spiro atoms. The normalized spacial score (nSPS) is 19.1. The molecule has 1 fully saturated rings. The molecule has 1 aromatic carbocycles. The van der Waals surface area contributed by atoms with Gasteiger partial charge in [0.1, 0.15) is 0 Å². The van der Waals surface area contributed by atoms with Crippen LogP contribution < -0.4 is 5.32 Å². The molecular formula is C17H24Cl2N2O. The number of benzene rings is 1. The topological polar surface area (TPSA) is 32.3 Å². The van der Waals surface area contributed by atoms with E-state index < -0.39 is 0 Å². The van der Waals surface area contributed by atoms with E-state index in [1.807, 2.05) is 12.1 Å². The summed E-state index contributed by atoms with van der Waals surface area (Å²) in [6, 6.07) is 5.61. The van der Waals surface area contributed by atoms with Crippen molar-refractivity contribution in [1.82, 2.24) is 10.2 Å². The number of amides is 1. The van der Waals surface area contributed by atoms with E-state index in [-0.39, 0.29) is 11.8 Å². The lowest BCUT2D eigenvalue weighted by Gasteiger charge is -2.32. The van der Waals surface area contributed by atoms with Gasteiger partial charge >= 0.3 is 0 Å². The number of halogens is 2. The molecule has 22 heavy (non-hydrogen) atoms. The van der Waals surface area contributed by atoms with E-state index >= 15 is 0 Å². The Kier molecular flexibility index (Phi) is 7.00. The van der Waals surface area contributed by atoms with Gasteiger partial charge in [-0.3, -0.25) is 9.69 Å². The van der Waals surface area contributed by atoms with Crippen LogP contribution in [0.25, 0.3) is 0 Å². The van der Waals surface area contributed by atoms with E-state index in [9.17, 15) is 4.79 Å². The Morgan fingerprint density at radius 3 is 2.95 bits per heavy atom. The highest BCUT2D eigenvalue weighted by molar-refractivity contribution is 6.35. The van der Waals surface area contributed by atoms with Crippen molar-refractivity contribution in [1.29, 1.82) is 0 Å². The molecule has 1 aliphatic rings. The summed E-state index contributed by atoms with van der Waals surface area (Å²) in [6.45, 7) is 5.50. The lowest BCUT2D eigenvalue weighted by atomic mass is 9.96. The zero-order valence-corrected chi connectivity index (χ0v) is 14.6. The molecule has 1 N–H and O–H groups in total.